The van der Waals surface area contributed by atoms with E-state index in [1.165, 1.54) is 0 Å². The first kappa shape index (κ1) is 12.9. The van der Waals surface area contributed by atoms with Gasteiger partial charge < -0.3 is 15.0 Å². The molecule has 4 nitrogen and oxygen atoms in total. The molecule has 2 N–H and O–H groups in total. The highest BCUT2D eigenvalue weighted by molar-refractivity contribution is 6.32. The van der Waals surface area contributed by atoms with E-state index in [9.17, 15) is 0 Å². The van der Waals surface area contributed by atoms with Gasteiger partial charge in [-0.25, -0.2) is 4.98 Å². The van der Waals surface area contributed by atoms with Gasteiger partial charge in [0.25, 0.3) is 0 Å². The number of nitrogens with two attached hydrogens (primary N) is 1. The highest BCUT2D eigenvalue weighted by atomic mass is 35.5. The van der Waals surface area contributed by atoms with E-state index in [1.54, 1.807) is 13.4 Å². The van der Waals surface area contributed by atoms with Gasteiger partial charge in [0.1, 0.15) is 5.75 Å². The molecule has 0 unspecified atom stereocenters. The lowest BCUT2D eigenvalue weighted by atomic mass is 10.0. The third kappa shape index (κ3) is 2.09. The topological polar surface area (TPSA) is 53.1 Å². The molecule has 1 aromatic carbocycles. The molecule has 5 heteroatoms. The molecule has 18 heavy (non-hydrogen) atoms. The number of methoxy groups -OCH3 is 1. The number of benzene rings is 1. The van der Waals surface area contributed by atoms with Crippen LogP contribution in [0, 0.1) is 6.92 Å². The molecule has 0 aliphatic rings. The van der Waals surface area contributed by atoms with Crippen molar-refractivity contribution in [2.24, 2.45) is 12.8 Å². The molecule has 1 aromatic heterocycles. The average Bonchev–Trinajstić information content (AvgIpc) is 2.72. The fourth-order valence-corrected chi connectivity index (χ4v) is 2.28. The van der Waals surface area contributed by atoms with Crippen LogP contribution in [0.25, 0.3) is 11.3 Å². The zero-order valence-electron chi connectivity index (χ0n) is 10.7. The third-order valence-corrected chi connectivity index (χ3v) is 3.26. The first-order valence-corrected chi connectivity index (χ1v) is 6.01. The molecule has 0 saturated heterocycles. The Morgan fingerprint density at radius 3 is 2.78 bits per heavy atom. The maximum atomic E-state index is 6.18. The summed E-state index contributed by atoms with van der Waals surface area (Å²) in [6.07, 6.45) is 1.76. The molecule has 0 atom stereocenters. The molecule has 0 aliphatic heterocycles. The van der Waals surface area contributed by atoms with Crippen LogP contribution in [0.3, 0.4) is 0 Å². The van der Waals surface area contributed by atoms with Gasteiger partial charge >= 0.3 is 0 Å². The summed E-state index contributed by atoms with van der Waals surface area (Å²) in [5.41, 5.74) is 9.68. The minimum Gasteiger partial charge on any atom is -0.495 e. The molecule has 0 amide bonds. The van der Waals surface area contributed by atoms with Gasteiger partial charge in [-0.2, -0.15) is 0 Å². The van der Waals surface area contributed by atoms with Crippen LogP contribution in [-0.2, 0) is 13.6 Å². The second-order valence-corrected chi connectivity index (χ2v) is 4.56. The number of halogens is 1. The molecule has 0 saturated carbocycles. The summed E-state index contributed by atoms with van der Waals surface area (Å²) < 4.78 is 7.16. The van der Waals surface area contributed by atoms with E-state index in [0.29, 0.717) is 17.3 Å². The van der Waals surface area contributed by atoms with Crippen LogP contribution >= 0.6 is 11.6 Å². The van der Waals surface area contributed by atoms with Crippen LogP contribution in [0.1, 0.15) is 11.3 Å². The average molecular weight is 266 g/mol. The lowest BCUT2D eigenvalue weighted by molar-refractivity contribution is 0.415. The predicted molar refractivity (Wildman–Crippen MR) is 72.8 cm³/mol. The summed E-state index contributed by atoms with van der Waals surface area (Å²) in [7, 11) is 3.55. The Kier molecular flexibility index (Phi) is 3.59. The van der Waals surface area contributed by atoms with E-state index in [0.717, 1.165) is 22.5 Å². The Balaban J connectivity index is 2.64. The quantitative estimate of drug-likeness (QED) is 0.928. The van der Waals surface area contributed by atoms with Crippen molar-refractivity contribution in [1.82, 2.24) is 9.55 Å². The largest absolute Gasteiger partial charge is 0.495 e. The number of nitrogens with zero attached hydrogens (tertiary/aromatic N) is 2. The summed E-state index contributed by atoms with van der Waals surface area (Å²) in [5.74, 6) is 0.675. The first-order valence-electron chi connectivity index (χ1n) is 5.63. The van der Waals surface area contributed by atoms with Crippen LogP contribution in [0.2, 0.25) is 5.02 Å². The van der Waals surface area contributed by atoms with Crippen LogP contribution in [0.15, 0.2) is 18.5 Å². The van der Waals surface area contributed by atoms with E-state index in [2.05, 4.69) is 4.98 Å². The van der Waals surface area contributed by atoms with E-state index < -0.39 is 0 Å². The van der Waals surface area contributed by atoms with Crippen molar-refractivity contribution < 1.29 is 4.74 Å². The second-order valence-electron chi connectivity index (χ2n) is 4.16. The molecular formula is C13H16ClN3O. The minimum atomic E-state index is 0.402. The van der Waals surface area contributed by atoms with Crippen molar-refractivity contribution in [2.45, 2.75) is 13.5 Å². The van der Waals surface area contributed by atoms with Crippen molar-refractivity contribution in [3.63, 3.8) is 0 Å². The minimum absolute atomic E-state index is 0.402. The fraction of sp³-hybridized carbons (Fsp3) is 0.308. The monoisotopic (exact) mass is 265 g/mol. The fourth-order valence-electron chi connectivity index (χ4n) is 2.04. The highest BCUT2D eigenvalue weighted by Crippen LogP contribution is 2.34. The Labute approximate surface area is 111 Å². The molecule has 2 aromatic rings. The van der Waals surface area contributed by atoms with Gasteiger partial charge in [-0.1, -0.05) is 11.6 Å². The molecule has 0 bridgehead atoms. The summed E-state index contributed by atoms with van der Waals surface area (Å²) in [4.78, 5) is 4.29. The molecule has 96 valence electrons. The summed E-state index contributed by atoms with van der Waals surface area (Å²) in [5, 5.41) is 0.585. The SMILES string of the molecule is COc1cc(C)c(-c2c(CN)ncn2C)cc1Cl. The number of aromatic nitrogens is 2. The van der Waals surface area contributed by atoms with E-state index in [4.69, 9.17) is 22.1 Å². The van der Waals surface area contributed by atoms with Crippen LogP contribution in [0.4, 0.5) is 0 Å². The Hall–Kier alpha value is -1.52. The predicted octanol–water partition coefficient (Wildman–Crippen LogP) is 2.52. The van der Waals surface area contributed by atoms with Gasteiger partial charge in [-0.15, -0.1) is 0 Å². The van der Waals surface area contributed by atoms with Gasteiger partial charge in [-0.3, -0.25) is 0 Å². The van der Waals surface area contributed by atoms with Crippen LogP contribution in [-0.4, -0.2) is 16.7 Å². The number of imidazole rings is 1. The van der Waals surface area contributed by atoms with E-state index >= 15 is 0 Å². The standard InChI is InChI=1S/C13H16ClN3O/c1-8-4-12(18-3)10(14)5-9(8)13-11(6-15)16-7-17(13)2/h4-5,7H,6,15H2,1-3H3. The van der Waals surface area contributed by atoms with Gasteiger partial charge in [-0.05, 0) is 24.6 Å². The lowest BCUT2D eigenvalue weighted by Crippen LogP contribution is -2.02. The number of rotatable bonds is 3. The maximum Gasteiger partial charge on any atom is 0.137 e. The Morgan fingerprint density at radius 2 is 2.17 bits per heavy atom. The van der Waals surface area contributed by atoms with Crippen molar-refractivity contribution in [3.05, 3.63) is 34.7 Å². The molecule has 0 aliphatic carbocycles. The van der Waals surface area contributed by atoms with Crippen molar-refractivity contribution in [1.29, 1.82) is 0 Å². The molecule has 1 heterocycles. The molecular weight excluding hydrogens is 250 g/mol. The van der Waals surface area contributed by atoms with Gasteiger partial charge in [0, 0.05) is 19.2 Å². The molecule has 0 fully saturated rings. The van der Waals surface area contributed by atoms with Gasteiger partial charge in [0.2, 0.25) is 0 Å². The van der Waals surface area contributed by atoms with Crippen molar-refractivity contribution in [2.75, 3.05) is 7.11 Å². The number of hydrogen-bond acceptors (Lipinski definition) is 3. The smallest absolute Gasteiger partial charge is 0.137 e. The zero-order chi connectivity index (χ0) is 13.3. The van der Waals surface area contributed by atoms with Gasteiger partial charge in [0.15, 0.2) is 0 Å². The molecule has 2 rings (SSSR count). The number of hydrogen-bond donors (Lipinski definition) is 1. The van der Waals surface area contributed by atoms with Gasteiger partial charge in [0.05, 0.1) is 29.8 Å². The Bertz CT molecular complexity index is 578. The number of ether oxygens (including phenoxy) is 1. The Morgan fingerprint density at radius 1 is 1.44 bits per heavy atom. The normalized spacial score (nSPS) is 10.7. The maximum absolute atomic E-state index is 6.18. The second kappa shape index (κ2) is 5.00. The molecule has 0 spiro atoms. The van der Waals surface area contributed by atoms with E-state index in [-0.39, 0.29) is 0 Å². The summed E-state index contributed by atoms with van der Waals surface area (Å²) in [6.45, 7) is 2.42. The van der Waals surface area contributed by atoms with Crippen LogP contribution in [0.5, 0.6) is 5.75 Å². The summed E-state index contributed by atoms with van der Waals surface area (Å²) in [6, 6.07) is 3.82. The van der Waals surface area contributed by atoms with E-state index in [1.807, 2.05) is 30.7 Å². The third-order valence-electron chi connectivity index (χ3n) is 2.96. The zero-order valence-corrected chi connectivity index (χ0v) is 11.5. The highest BCUT2D eigenvalue weighted by Gasteiger charge is 2.14. The lowest BCUT2D eigenvalue weighted by Gasteiger charge is -2.12. The first-order chi connectivity index (χ1) is 8.58. The number of aryl methyl sites for hydroxylation is 2. The molecule has 0 radical (unpaired) electrons. The summed E-state index contributed by atoms with van der Waals surface area (Å²) >= 11 is 6.18. The van der Waals surface area contributed by atoms with Crippen molar-refractivity contribution >= 4 is 11.6 Å². The van der Waals surface area contributed by atoms with Crippen molar-refractivity contribution in [3.8, 4) is 17.0 Å². The van der Waals surface area contributed by atoms with Crippen LogP contribution < -0.4 is 10.5 Å².